The van der Waals surface area contributed by atoms with Gasteiger partial charge in [-0.2, -0.15) is 4.31 Å². The lowest BCUT2D eigenvalue weighted by molar-refractivity contribution is 0.101. The molecule has 0 spiro atoms. The Morgan fingerprint density at radius 3 is 2.29 bits per heavy atom. The Labute approximate surface area is 164 Å². The zero-order chi connectivity index (χ0) is 20.3. The Morgan fingerprint density at radius 1 is 1.07 bits per heavy atom. The first-order valence-corrected chi connectivity index (χ1v) is 10.4. The molecule has 0 aromatic heterocycles. The van der Waals surface area contributed by atoms with Gasteiger partial charge in [0.25, 0.3) is 0 Å². The van der Waals surface area contributed by atoms with Crippen molar-refractivity contribution in [3.63, 3.8) is 0 Å². The molecule has 1 heterocycles. The summed E-state index contributed by atoms with van der Waals surface area (Å²) in [4.78, 5) is 13.9. The summed E-state index contributed by atoms with van der Waals surface area (Å²) in [6.07, 6.45) is 0. The van der Waals surface area contributed by atoms with Crippen molar-refractivity contribution >= 4 is 15.8 Å². The molecule has 3 rings (SSSR count). The van der Waals surface area contributed by atoms with E-state index in [2.05, 4.69) is 4.90 Å². The molecule has 28 heavy (non-hydrogen) atoms. The molecule has 1 aliphatic heterocycles. The van der Waals surface area contributed by atoms with Crippen molar-refractivity contribution in [2.24, 2.45) is 0 Å². The van der Waals surface area contributed by atoms with E-state index in [-0.39, 0.29) is 10.7 Å². The van der Waals surface area contributed by atoms with Crippen LogP contribution >= 0.6 is 0 Å². The molecule has 0 saturated carbocycles. The van der Waals surface area contributed by atoms with E-state index in [1.165, 1.54) is 23.4 Å². The van der Waals surface area contributed by atoms with Crippen LogP contribution in [-0.2, 0) is 16.6 Å². The zero-order valence-electron chi connectivity index (χ0n) is 15.9. The van der Waals surface area contributed by atoms with Crippen molar-refractivity contribution in [3.8, 4) is 5.75 Å². The van der Waals surface area contributed by atoms with E-state index in [0.29, 0.717) is 44.0 Å². The summed E-state index contributed by atoms with van der Waals surface area (Å²) in [7, 11) is -2.05. The number of carbonyl (C=O) groups excluding carboxylic acids is 1. The molecule has 150 valence electrons. The van der Waals surface area contributed by atoms with Crippen LogP contribution in [0.2, 0.25) is 0 Å². The highest BCUT2D eigenvalue weighted by Crippen LogP contribution is 2.24. The number of carbonyl (C=O) groups is 1. The monoisotopic (exact) mass is 406 g/mol. The molecule has 0 N–H and O–H groups in total. The number of rotatable bonds is 6. The van der Waals surface area contributed by atoms with Crippen LogP contribution in [0, 0.1) is 5.82 Å². The maximum atomic E-state index is 13.1. The number of Topliss-reactive ketones (excluding diaryl/α,β-unsaturated/α-hetero) is 1. The molecule has 2 aromatic carbocycles. The summed E-state index contributed by atoms with van der Waals surface area (Å²) in [6, 6.07) is 10.2. The SMILES string of the molecule is COc1ccc(C(C)=O)cc1CN1CCN(S(=O)(=O)c2ccc(F)cc2)CC1. The zero-order valence-corrected chi connectivity index (χ0v) is 16.7. The lowest BCUT2D eigenvalue weighted by Gasteiger charge is -2.34. The van der Waals surface area contributed by atoms with Gasteiger partial charge >= 0.3 is 0 Å². The summed E-state index contributed by atoms with van der Waals surface area (Å²) in [5.74, 6) is 0.219. The number of hydrogen-bond donors (Lipinski definition) is 0. The lowest BCUT2D eigenvalue weighted by Crippen LogP contribution is -2.48. The fraction of sp³-hybridized carbons (Fsp3) is 0.350. The number of halogens is 1. The largest absolute Gasteiger partial charge is 0.496 e. The Hall–Kier alpha value is -2.29. The Balaban J connectivity index is 1.68. The van der Waals surface area contributed by atoms with Gasteiger partial charge in [0.15, 0.2) is 5.78 Å². The van der Waals surface area contributed by atoms with Crippen LogP contribution in [0.1, 0.15) is 22.8 Å². The molecule has 0 amide bonds. The summed E-state index contributed by atoms with van der Waals surface area (Å²) in [5, 5.41) is 0. The van der Waals surface area contributed by atoms with Gasteiger partial charge in [-0.25, -0.2) is 12.8 Å². The average Bonchev–Trinajstić information content (AvgIpc) is 2.68. The summed E-state index contributed by atoms with van der Waals surface area (Å²) in [5.41, 5.74) is 1.51. The second kappa shape index (κ2) is 8.38. The van der Waals surface area contributed by atoms with Gasteiger partial charge in [-0.1, -0.05) is 0 Å². The number of sulfonamides is 1. The van der Waals surface area contributed by atoms with Crippen molar-refractivity contribution in [1.82, 2.24) is 9.21 Å². The maximum Gasteiger partial charge on any atom is 0.243 e. The summed E-state index contributed by atoms with van der Waals surface area (Å²) < 4.78 is 45.3. The minimum atomic E-state index is -3.64. The van der Waals surface area contributed by atoms with Gasteiger partial charge in [-0.15, -0.1) is 0 Å². The Kier molecular flexibility index (Phi) is 6.12. The first kappa shape index (κ1) is 20.4. The van der Waals surface area contributed by atoms with E-state index in [0.717, 1.165) is 17.7 Å². The highest BCUT2D eigenvalue weighted by molar-refractivity contribution is 7.89. The Morgan fingerprint density at radius 2 is 1.71 bits per heavy atom. The van der Waals surface area contributed by atoms with Crippen molar-refractivity contribution in [3.05, 3.63) is 59.4 Å². The fourth-order valence-corrected chi connectivity index (χ4v) is 4.67. The van der Waals surface area contributed by atoms with Gasteiger partial charge in [0.2, 0.25) is 10.0 Å². The number of benzene rings is 2. The highest BCUT2D eigenvalue weighted by Gasteiger charge is 2.28. The second-order valence-electron chi connectivity index (χ2n) is 6.72. The average molecular weight is 406 g/mol. The highest BCUT2D eigenvalue weighted by atomic mass is 32.2. The molecule has 0 atom stereocenters. The van der Waals surface area contributed by atoms with E-state index in [1.54, 1.807) is 19.2 Å². The number of nitrogens with zero attached hydrogens (tertiary/aromatic N) is 2. The molecule has 0 bridgehead atoms. The van der Waals surface area contributed by atoms with Gasteiger partial charge < -0.3 is 4.74 Å². The summed E-state index contributed by atoms with van der Waals surface area (Å²) >= 11 is 0. The number of piperazine rings is 1. The van der Waals surface area contributed by atoms with Crippen LogP contribution in [0.25, 0.3) is 0 Å². The molecule has 0 aliphatic carbocycles. The lowest BCUT2D eigenvalue weighted by atomic mass is 10.1. The predicted octanol–water partition coefficient (Wildman–Crippen LogP) is 2.54. The van der Waals surface area contributed by atoms with Gasteiger partial charge in [0, 0.05) is 43.9 Å². The van der Waals surface area contributed by atoms with Crippen molar-refractivity contribution in [2.45, 2.75) is 18.4 Å². The first-order chi connectivity index (χ1) is 13.3. The van der Waals surface area contributed by atoms with Gasteiger partial charge in [-0.05, 0) is 49.4 Å². The van der Waals surface area contributed by atoms with Crippen LogP contribution in [-0.4, -0.2) is 56.7 Å². The van der Waals surface area contributed by atoms with E-state index < -0.39 is 15.8 Å². The molecule has 0 unspecified atom stereocenters. The van der Waals surface area contributed by atoms with Crippen molar-refractivity contribution in [1.29, 1.82) is 0 Å². The van der Waals surface area contributed by atoms with Crippen molar-refractivity contribution < 1.29 is 22.3 Å². The predicted molar refractivity (Wildman–Crippen MR) is 103 cm³/mol. The molecule has 0 radical (unpaired) electrons. The third-order valence-electron chi connectivity index (χ3n) is 4.86. The number of hydrogen-bond acceptors (Lipinski definition) is 5. The van der Waals surface area contributed by atoms with E-state index >= 15 is 0 Å². The standard InChI is InChI=1S/C20H23FN2O4S/c1-15(24)16-3-8-20(27-2)17(13-16)14-22-9-11-23(12-10-22)28(25,26)19-6-4-18(21)5-7-19/h3-8,13H,9-12,14H2,1-2H3. The number of ether oxygens (including phenoxy) is 1. The molecule has 6 nitrogen and oxygen atoms in total. The van der Waals surface area contributed by atoms with Crippen LogP contribution in [0.4, 0.5) is 4.39 Å². The van der Waals surface area contributed by atoms with E-state index in [9.17, 15) is 17.6 Å². The Bertz CT molecular complexity index is 953. The minimum Gasteiger partial charge on any atom is -0.496 e. The number of methoxy groups -OCH3 is 1. The quantitative estimate of drug-likeness (QED) is 0.690. The topological polar surface area (TPSA) is 66.9 Å². The van der Waals surface area contributed by atoms with Crippen LogP contribution in [0.5, 0.6) is 5.75 Å². The number of ketones is 1. The van der Waals surface area contributed by atoms with Gasteiger partial charge in [0.05, 0.1) is 12.0 Å². The molecular weight excluding hydrogens is 383 g/mol. The normalized spacial score (nSPS) is 16.1. The van der Waals surface area contributed by atoms with Crippen molar-refractivity contribution in [2.75, 3.05) is 33.3 Å². The molecule has 1 aliphatic rings. The second-order valence-corrected chi connectivity index (χ2v) is 8.65. The third kappa shape index (κ3) is 4.40. The van der Waals surface area contributed by atoms with Gasteiger partial charge in [-0.3, -0.25) is 9.69 Å². The summed E-state index contributed by atoms with van der Waals surface area (Å²) in [6.45, 7) is 3.87. The fourth-order valence-electron chi connectivity index (χ4n) is 3.25. The first-order valence-electron chi connectivity index (χ1n) is 8.97. The van der Waals surface area contributed by atoms with Crippen LogP contribution in [0.3, 0.4) is 0 Å². The minimum absolute atomic E-state index is 0.0147. The molecule has 1 saturated heterocycles. The molecule has 2 aromatic rings. The van der Waals surface area contributed by atoms with Crippen LogP contribution in [0.15, 0.2) is 47.4 Å². The molecule has 1 fully saturated rings. The third-order valence-corrected chi connectivity index (χ3v) is 6.78. The molecule has 8 heteroatoms. The molecular formula is C20H23FN2O4S. The van der Waals surface area contributed by atoms with Gasteiger partial charge in [0.1, 0.15) is 11.6 Å². The van der Waals surface area contributed by atoms with Crippen LogP contribution < -0.4 is 4.74 Å². The van der Waals surface area contributed by atoms with E-state index in [4.69, 9.17) is 4.74 Å². The maximum absolute atomic E-state index is 13.1. The smallest absolute Gasteiger partial charge is 0.243 e. The van der Waals surface area contributed by atoms with E-state index in [1.807, 2.05) is 6.07 Å².